The summed E-state index contributed by atoms with van der Waals surface area (Å²) in [5, 5.41) is 50.6. The van der Waals surface area contributed by atoms with Gasteiger partial charge in [-0.3, -0.25) is 19.2 Å². The number of carbonyl (C=O) groups excluding carboxylic acids is 9. The molecule has 1 aliphatic carbocycles. The Labute approximate surface area is 483 Å². The maximum absolute atomic E-state index is 14.8. The molecule has 30 heteroatoms. The largest absolute Gasteiger partial charge is 0.458 e. The van der Waals surface area contributed by atoms with Gasteiger partial charge >= 0.3 is 48.4 Å². The number of esters is 3. The van der Waals surface area contributed by atoms with E-state index in [1.165, 1.54) is 20.8 Å². The molecule has 0 bridgehead atoms. The minimum Gasteiger partial charge on any atom is -0.458 e. The van der Waals surface area contributed by atoms with Crippen molar-refractivity contribution in [2.45, 2.75) is 264 Å². The zero-order valence-electron chi connectivity index (χ0n) is 50.8. The Kier molecular flexibility index (Phi) is 25.4. The lowest BCUT2D eigenvalue weighted by Crippen LogP contribution is -2.76. The normalized spacial score (nSPS) is 28.1. The fourth-order valence-corrected chi connectivity index (χ4v) is 8.64. The van der Waals surface area contributed by atoms with Crippen LogP contribution in [0.2, 0.25) is 0 Å². The monoisotopic (exact) mass is 1190 g/mol. The second-order valence-corrected chi connectivity index (χ2v) is 25.1. The number of aliphatic hydroxyl groups is 3. The smallest absolute Gasteiger partial charge is 0.408 e. The zero-order chi connectivity index (χ0) is 63.3. The number of rotatable bonds is 18. The highest BCUT2D eigenvalue weighted by atomic mass is 16.7. The summed E-state index contributed by atoms with van der Waals surface area (Å²) in [5.41, 5.74) is -5.15. The first kappa shape index (κ1) is 71.2. The van der Waals surface area contributed by atoms with E-state index in [0.29, 0.717) is 0 Å². The topological polar surface area (TPSA) is 397 Å². The highest BCUT2D eigenvalue weighted by Gasteiger charge is 2.59. The molecule has 3 aliphatic rings. The van der Waals surface area contributed by atoms with Crippen LogP contribution in [0, 0.1) is 0 Å². The third-order valence-electron chi connectivity index (χ3n) is 11.5. The van der Waals surface area contributed by atoms with Crippen molar-refractivity contribution in [2.75, 3.05) is 19.7 Å². The summed E-state index contributed by atoms with van der Waals surface area (Å²) < 4.78 is 69.9. The summed E-state index contributed by atoms with van der Waals surface area (Å²) in [6, 6.07) is -6.75. The van der Waals surface area contributed by atoms with Gasteiger partial charge in [-0.25, -0.2) is 24.0 Å². The van der Waals surface area contributed by atoms with Gasteiger partial charge in [-0.15, -0.1) is 0 Å². The molecule has 15 atom stereocenters. The van der Waals surface area contributed by atoms with E-state index in [9.17, 15) is 58.5 Å². The quantitative estimate of drug-likeness (QED) is 0.0701. The molecular weight excluding hydrogens is 1100 g/mol. The Balaban J connectivity index is 2.41. The highest BCUT2D eigenvalue weighted by Crippen LogP contribution is 2.36. The summed E-state index contributed by atoms with van der Waals surface area (Å²) in [7, 11) is 0. The van der Waals surface area contributed by atoms with Crippen LogP contribution in [-0.2, 0) is 76.0 Å². The van der Waals surface area contributed by atoms with Crippen molar-refractivity contribution < 1.29 is 115 Å². The van der Waals surface area contributed by atoms with Gasteiger partial charge < -0.3 is 104 Å². The fraction of sp³-hybridized carbons (Fsp3) is 0.830. The molecule has 0 radical (unpaired) electrons. The third-order valence-corrected chi connectivity index (χ3v) is 11.5. The number of hydrogen-bond acceptors (Lipinski definition) is 24. The SMILES string of the molecule is CC(=O)OC1[C@H](O[C@H]2C(O)C(O[C@@H]3OC(CNC(=O)OC(C)(C)C)CCC3NC(=O)OC(C)(C)C)[C@H](NC(=O)OC(C)(C)C)C(OC(C)=O)[C@H]2NC(=O)[C@H](CCNC(=O)OC(C)(C)C)OC(C)=O)OC(CO)[C@H](O)[C@@H]1NC(=O)OC(C)(C)C. The minimum atomic E-state index is -2.28. The predicted molar refractivity (Wildman–Crippen MR) is 287 cm³/mol. The van der Waals surface area contributed by atoms with Crippen LogP contribution in [-0.4, -0.2) is 209 Å². The predicted octanol–water partition coefficient (Wildman–Crippen LogP) is 2.11. The molecule has 1 saturated carbocycles. The van der Waals surface area contributed by atoms with Crippen LogP contribution in [0.3, 0.4) is 0 Å². The van der Waals surface area contributed by atoms with Crippen LogP contribution in [0.25, 0.3) is 0 Å². The number of aliphatic hydroxyl groups excluding tert-OH is 3. The first-order valence-electron chi connectivity index (χ1n) is 27.3. The van der Waals surface area contributed by atoms with E-state index in [0.717, 1.165) is 20.8 Å². The Bertz CT molecular complexity index is 2240. The summed E-state index contributed by atoms with van der Waals surface area (Å²) in [5.74, 6) is -4.28. The minimum absolute atomic E-state index is 0.0424. The maximum atomic E-state index is 14.8. The number of carbonyl (C=O) groups is 9. The molecule has 6 amide bonds. The van der Waals surface area contributed by atoms with Gasteiger partial charge in [0.15, 0.2) is 24.8 Å². The van der Waals surface area contributed by atoms with Gasteiger partial charge in [0.05, 0.1) is 24.8 Å². The number of nitrogens with one attached hydrogen (secondary N) is 6. The third kappa shape index (κ3) is 25.0. The van der Waals surface area contributed by atoms with E-state index in [-0.39, 0.29) is 25.9 Å². The van der Waals surface area contributed by atoms with E-state index in [1.807, 2.05) is 0 Å². The van der Waals surface area contributed by atoms with Gasteiger partial charge in [0, 0.05) is 40.3 Å². The van der Waals surface area contributed by atoms with Crippen molar-refractivity contribution in [3.8, 4) is 0 Å². The van der Waals surface area contributed by atoms with E-state index in [1.54, 1.807) is 83.1 Å². The molecule has 3 fully saturated rings. The summed E-state index contributed by atoms with van der Waals surface area (Å²) in [6.07, 6.45) is -25.6. The van der Waals surface area contributed by atoms with Gasteiger partial charge in [-0.05, 0) is 117 Å². The first-order chi connectivity index (χ1) is 37.9. The Hall–Kier alpha value is -6.05. The average Bonchev–Trinajstić information content (AvgIpc) is 2.76. The number of hydrogen-bond donors (Lipinski definition) is 9. The van der Waals surface area contributed by atoms with Crippen molar-refractivity contribution in [2.24, 2.45) is 0 Å². The van der Waals surface area contributed by atoms with E-state index in [4.69, 9.17) is 56.8 Å². The summed E-state index contributed by atoms with van der Waals surface area (Å²) in [6.45, 7) is 25.2. The van der Waals surface area contributed by atoms with E-state index in [2.05, 4.69) is 31.9 Å². The number of amides is 6. The van der Waals surface area contributed by atoms with Crippen molar-refractivity contribution in [1.29, 1.82) is 0 Å². The van der Waals surface area contributed by atoms with Crippen LogP contribution < -0.4 is 31.9 Å². The molecule has 476 valence electrons. The molecule has 2 heterocycles. The molecule has 0 aromatic carbocycles. The standard InChI is InChI=1S/C53H90N6O24/c1-25(61)72-30(21-22-54-44(67)79-49(4,5)6)41(66)57-33-37(73-26(2)62)34(59-48(71)83-53(16,17)18)39(77-42-29(56-46(69)81-51(10,11)12)20-19-28(75-42)23-55-45(68)80-50(7,8)9)36(65)38(33)78-43-40(74-27(3)63)32(35(64)31(24-60)76-43)58-47(70)82-52(13,14)15/h28-40,42-43,60,64-65H,19-24H2,1-18H3,(H,54,67)(H,55,68)(H,56,69)(H,57,66)(H,58,70)(H,59,71)/t28?,29?,30-,31?,32-,33+,34+,35-,36?,37?,38+,39?,40?,42-,43-/m0/s1. The average molecular weight is 1200 g/mol. The Morgan fingerprint density at radius 2 is 0.928 bits per heavy atom. The molecular formula is C53H90N6O24. The molecule has 83 heavy (non-hydrogen) atoms. The van der Waals surface area contributed by atoms with Gasteiger partial charge in [-0.2, -0.15) is 0 Å². The van der Waals surface area contributed by atoms with E-state index < -0.39 is 187 Å². The van der Waals surface area contributed by atoms with Gasteiger partial charge in [0.1, 0.15) is 76.7 Å². The summed E-state index contributed by atoms with van der Waals surface area (Å²) >= 11 is 0. The molecule has 3 rings (SSSR count). The Morgan fingerprint density at radius 3 is 1.40 bits per heavy atom. The lowest BCUT2D eigenvalue weighted by atomic mass is 9.80. The number of ether oxygens (including phenoxy) is 12. The Morgan fingerprint density at radius 1 is 0.494 bits per heavy atom. The van der Waals surface area contributed by atoms with Gasteiger partial charge in [0.2, 0.25) is 0 Å². The first-order valence-corrected chi connectivity index (χ1v) is 27.3. The van der Waals surface area contributed by atoms with Crippen molar-refractivity contribution >= 4 is 54.3 Å². The molecule has 2 saturated heterocycles. The second-order valence-electron chi connectivity index (χ2n) is 25.1. The van der Waals surface area contributed by atoms with Crippen LogP contribution in [0.5, 0.6) is 0 Å². The molecule has 0 aromatic rings. The lowest BCUT2D eigenvalue weighted by molar-refractivity contribution is -0.323. The lowest BCUT2D eigenvalue weighted by Gasteiger charge is -2.52. The highest BCUT2D eigenvalue weighted by molar-refractivity contribution is 5.84. The van der Waals surface area contributed by atoms with Crippen LogP contribution in [0.1, 0.15) is 144 Å². The molecule has 7 unspecified atom stereocenters. The van der Waals surface area contributed by atoms with Crippen LogP contribution in [0.4, 0.5) is 24.0 Å². The van der Waals surface area contributed by atoms with Crippen LogP contribution in [0.15, 0.2) is 0 Å². The molecule has 0 aromatic heterocycles. The van der Waals surface area contributed by atoms with Crippen molar-refractivity contribution in [1.82, 2.24) is 31.9 Å². The molecule has 30 nitrogen and oxygen atoms in total. The van der Waals surface area contributed by atoms with Crippen molar-refractivity contribution in [3.63, 3.8) is 0 Å². The molecule has 2 aliphatic heterocycles. The number of alkyl carbamates (subject to hydrolysis) is 5. The summed E-state index contributed by atoms with van der Waals surface area (Å²) in [4.78, 5) is 120. The van der Waals surface area contributed by atoms with Gasteiger partial charge in [-0.1, -0.05) is 0 Å². The van der Waals surface area contributed by atoms with Gasteiger partial charge in [0.25, 0.3) is 5.91 Å². The second kappa shape index (κ2) is 29.7. The zero-order valence-corrected chi connectivity index (χ0v) is 50.8. The molecule has 9 N–H and O–H groups in total. The fourth-order valence-electron chi connectivity index (χ4n) is 8.64. The molecule has 0 spiro atoms. The van der Waals surface area contributed by atoms with E-state index >= 15 is 0 Å². The van der Waals surface area contributed by atoms with Crippen LogP contribution >= 0.6 is 0 Å². The van der Waals surface area contributed by atoms with Crippen molar-refractivity contribution in [3.05, 3.63) is 0 Å². The maximum Gasteiger partial charge on any atom is 0.408 e.